The second-order valence-electron chi connectivity index (χ2n) is 5.68. The average molecular weight is 288 g/mol. The average Bonchev–Trinajstić information content (AvgIpc) is 2.76. The maximum atomic E-state index is 12.3. The zero-order valence-corrected chi connectivity index (χ0v) is 12.4. The Morgan fingerprint density at radius 1 is 1.26 bits per heavy atom. The lowest BCUT2D eigenvalue weighted by Crippen LogP contribution is -2.43. The van der Waals surface area contributed by atoms with Crippen LogP contribution < -0.4 is 5.32 Å². The second kappa shape index (κ2) is 6.22. The van der Waals surface area contributed by atoms with Gasteiger partial charge in [-0.25, -0.2) is 8.42 Å². The first-order valence-electron chi connectivity index (χ1n) is 7.22. The number of sulfone groups is 1. The molecular formula is C13H24N2O3S. The van der Waals surface area contributed by atoms with E-state index >= 15 is 0 Å². The molecule has 2 aliphatic rings. The van der Waals surface area contributed by atoms with E-state index in [0.29, 0.717) is 12.3 Å². The van der Waals surface area contributed by atoms with Crippen molar-refractivity contribution in [3.8, 4) is 0 Å². The summed E-state index contributed by atoms with van der Waals surface area (Å²) in [5, 5.41) is 3.35. The fourth-order valence-corrected chi connectivity index (χ4v) is 4.69. The van der Waals surface area contributed by atoms with Gasteiger partial charge in [-0.2, -0.15) is 0 Å². The molecule has 2 saturated heterocycles. The van der Waals surface area contributed by atoms with Gasteiger partial charge in [0.25, 0.3) is 0 Å². The van der Waals surface area contributed by atoms with Crippen LogP contribution in [0.15, 0.2) is 0 Å². The molecule has 0 bridgehead atoms. The lowest BCUT2D eigenvalue weighted by molar-refractivity contribution is -0.136. The van der Waals surface area contributed by atoms with Gasteiger partial charge in [0.15, 0.2) is 9.84 Å². The first-order valence-corrected chi connectivity index (χ1v) is 9.04. The summed E-state index contributed by atoms with van der Waals surface area (Å²) < 4.78 is 22.8. The smallest absolute Gasteiger partial charge is 0.226 e. The zero-order valence-electron chi connectivity index (χ0n) is 11.6. The van der Waals surface area contributed by atoms with Gasteiger partial charge in [0.2, 0.25) is 5.91 Å². The highest BCUT2D eigenvalue weighted by molar-refractivity contribution is 7.91. The molecule has 0 aromatic heterocycles. The molecule has 110 valence electrons. The molecule has 19 heavy (non-hydrogen) atoms. The molecule has 6 heteroatoms. The summed E-state index contributed by atoms with van der Waals surface area (Å²) in [6.45, 7) is 5.67. The van der Waals surface area contributed by atoms with Crippen LogP contribution in [0.3, 0.4) is 0 Å². The molecule has 0 radical (unpaired) electrons. The van der Waals surface area contributed by atoms with Crippen molar-refractivity contribution < 1.29 is 13.2 Å². The standard InChI is InChI=1S/C13H24N2O3S/c1-2-14-9-11-3-6-15(7-4-11)13(16)12-5-8-19(17,18)10-12/h11-12,14H,2-10H2,1H3. The van der Waals surface area contributed by atoms with Crippen LogP contribution in [0.4, 0.5) is 0 Å². The SMILES string of the molecule is CCNCC1CCN(C(=O)C2CCS(=O)(=O)C2)CC1. The number of amides is 1. The number of hydrogen-bond donors (Lipinski definition) is 1. The first kappa shape index (κ1) is 14.8. The summed E-state index contributed by atoms with van der Waals surface area (Å²) in [5.41, 5.74) is 0. The van der Waals surface area contributed by atoms with Crippen molar-refractivity contribution in [2.24, 2.45) is 11.8 Å². The van der Waals surface area contributed by atoms with E-state index < -0.39 is 9.84 Å². The highest BCUT2D eigenvalue weighted by atomic mass is 32.2. The zero-order chi connectivity index (χ0) is 13.9. The summed E-state index contributed by atoms with van der Waals surface area (Å²) in [4.78, 5) is 14.1. The third-order valence-corrected chi connectivity index (χ3v) is 5.96. The van der Waals surface area contributed by atoms with Gasteiger partial charge < -0.3 is 10.2 Å². The van der Waals surface area contributed by atoms with Crippen molar-refractivity contribution >= 4 is 15.7 Å². The lowest BCUT2D eigenvalue weighted by Gasteiger charge is -2.33. The Morgan fingerprint density at radius 3 is 2.47 bits per heavy atom. The Labute approximate surface area is 115 Å². The van der Waals surface area contributed by atoms with E-state index in [2.05, 4.69) is 12.2 Å². The van der Waals surface area contributed by atoms with Crippen LogP contribution in [-0.2, 0) is 14.6 Å². The van der Waals surface area contributed by atoms with Crippen molar-refractivity contribution in [3.63, 3.8) is 0 Å². The number of carbonyl (C=O) groups excluding carboxylic acids is 1. The highest BCUT2D eigenvalue weighted by Gasteiger charge is 2.36. The summed E-state index contributed by atoms with van der Waals surface area (Å²) >= 11 is 0. The minimum atomic E-state index is -2.96. The molecule has 0 spiro atoms. The number of hydrogen-bond acceptors (Lipinski definition) is 4. The summed E-state index contributed by atoms with van der Waals surface area (Å²) in [6, 6.07) is 0. The van der Waals surface area contributed by atoms with Crippen LogP contribution >= 0.6 is 0 Å². The van der Waals surface area contributed by atoms with Gasteiger partial charge >= 0.3 is 0 Å². The van der Waals surface area contributed by atoms with Crippen molar-refractivity contribution in [1.29, 1.82) is 0 Å². The van der Waals surface area contributed by atoms with Gasteiger partial charge in [0.1, 0.15) is 0 Å². The van der Waals surface area contributed by atoms with Crippen molar-refractivity contribution in [1.82, 2.24) is 10.2 Å². The van der Waals surface area contributed by atoms with Gasteiger partial charge in [0, 0.05) is 13.1 Å². The van der Waals surface area contributed by atoms with Gasteiger partial charge in [-0.3, -0.25) is 4.79 Å². The quantitative estimate of drug-likeness (QED) is 0.806. The van der Waals surface area contributed by atoms with Crippen molar-refractivity contribution in [2.75, 3.05) is 37.7 Å². The molecule has 0 aromatic rings. The van der Waals surface area contributed by atoms with Crippen molar-refractivity contribution in [3.05, 3.63) is 0 Å². The number of likely N-dealkylation sites (tertiary alicyclic amines) is 1. The molecule has 0 saturated carbocycles. The van der Waals surface area contributed by atoms with Crippen LogP contribution in [0.25, 0.3) is 0 Å². The monoisotopic (exact) mass is 288 g/mol. The molecule has 2 heterocycles. The van der Waals surface area contributed by atoms with E-state index in [0.717, 1.165) is 39.0 Å². The maximum Gasteiger partial charge on any atom is 0.226 e. The molecular weight excluding hydrogens is 264 g/mol. The van der Waals surface area contributed by atoms with Gasteiger partial charge in [-0.15, -0.1) is 0 Å². The van der Waals surface area contributed by atoms with E-state index in [1.54, 1.807) is 0 Å². The number of nitrogens with one attached hydrogen (secondary N) is 1. The third kappa shape index (κ3) is 3.92. The number of nitrogens with zero attached hydrogens (tertiary/aromatic N) is 1. The van der Waals surface area contributed by atoms with E-state index in [4.69, 9.17) is 0 Å². The van der Waals surface area contributed by atoms with Crippen LogP contribution in [-0.4, -0.2) is 56.9 Å². The lowest BCUT2D eigenvalue weighted by atomic mass is 9.95. The summed E-state index contributed by atoms with van der Waals surface area (Å²) in [6.07, 6.45) is 2.56. The van der Waals surface area contributed by atoms with Crippen LogP contribution in [0.5, 0.6) is 0 Å². The molecule has 1 unspecified atom stereocenters. The van der Waals surface area contributed by atoms with Crippen LogP contribution in [0, 0.1) is 11.8 Å². The molecule has 1 atom stereocenters. The Morgan fingerprint density at radius 2 is 1.95 bits per heavy atom. The molecule has 0 aromatic carbocycles. The normalized spacial score (nSPS) is 27.6. The Hall–Kier alpha value is -0.620. The molecule has 1 amide bonds. The Bertz CT molecular complexity index is 414. The van der Waals surface area contributed by atoms with E-state index in [1.165, 1.54) is 0 Å². The van der Waals surface area contributed by atoms with E-state index in [-0.39, 0.29) is 23.3 Å². The highest BCUT2D eigenvalue weighted by Crippen LogP contribution is 2.24. The van der Waals surface area contributed by atoms with E-state index in [1.807, 2.05) is 4.90 Å². The predicted octanol–water partition coefficient (Wildman–Crippen LogP) is 0.269. The summed E-state index contributed by atoms with van der Waals surface area (Å²) in [7, 11) is -2.96. The van der Waals surface area contributed by atoms with E-state index in [9.17, 15) is 13.2 Å². The maximum absolute atomic E-state index is 12.3. The Kier molecular flexibility index (Phi) is 4.84. The molecule has 1 N–H and O–H groups in total. The minimum Gasteiger partial charge on any atom is -0.342 e. The first-order chi connectivity index (χ1) is 9.02. The fraction of sp³-hybridized carbons (Fsp3) is 0.923. The predicted molar refractivity (Wildman–Crippen MR) is 74.6 cm³/mol. The van der Waals surface area contributed by atoms with Gasteiger partial charge in [-0.05, 0) is 38.3 Å². The number of piperidine rings is 1. The molecule has 2 rings (SSSR count). The number of carbonyl (C=O) groups is 1. The Balaban J connectivity index is 1.80. The molecule has 2 fully saturated rings. The van der Waals surface area contributed by atoms with Gasteiger partial charge in [-0.1, -0.05) is 6.92 Å². The molecule has 0 aliphatic carbocycles. The summed E-state index contributed by atoms with van der Waals surface area (Å²) in [5.74, 6) is 0.665. The van der Waals surface area contributed by atoms with Crippen molar-refractivity contribution in [2.45, 2.75) is 26.2 Å². The molecule has 5 nitrogen and oxygen atoms in total. The second-order valence-corrected chi connectivity index (χ2v) is 7.91. The van der Waals surface area contributed by atoms with Crippen LogP contribution in [0.2, 0.25) is 0 Å². The fourth-order valence-electron chi connectivity index (χ4n) is 2.95. The topological polar surface area (TPSA) is 66.5 Å². The number of rotatable bonds is 4. The molecule has 2 aliphatic heterocycles. The largest absolute Gasteiger partial charge is 0.342 e. The third-order valence-electron chi connectivity index (χ3n) is 4.19. The minimum absolute atomic E-state index is 0.0583. The van der Waals surface area contributed by atoms with Gasteiger partial charge in [0.05, 0.1) is 17.4 Å². The van der Waals surface area contributed by atoms with Crippen LogP contribution in [0.1, 0.15) is 26.2 Å².